The number of carbonyl (C=O) groups is 1. The van der Waals surface area contributed by atoms with Crippen molar-refractivity contribution in [2.24, 2.45) is 5.92 Å². The van der Waals surface area contributed by atoms with Crippen LogP contribution in [-0.4, -0.2) is 89.9 Å². The molecule has 2 unspecified atom stereocenters. The number of rotatable bonds is 7. The molecule has 0 N–H and O–H groups in total. The number of hydrogen-bond acceptors (Lipinski definition) is 7. The summed E-state index contributed by atoms with van der Waals surface area (Å²) in [6, 6.07) is -0.904. The monoisotopic (exact) mass is 647 g/mol. The zero-order valence-corrected chi connectivity index (χ0v) is 26.4. The van der Waals surface area contributed by atoms with Crippen LogP contribution in [0.25, 0.3) is 0 Å². The van der Waals surface area contributed by atoms with Crippen LogP contribution in [0.1, 0.15) is 66.7 Å². The van der Waals surface area contributed by atoms with E-state index in [1.54, 1.807) is 43.0 Å². The maximum atomic E-state index is 13.8. The van der Waals surface area contributed by atoms with Gasteiger partial charge in [0.25, 0.3) is 0 Å². The molecule has 14 heteroatoms. The van der Waals surface area contributed by atoms with E-state index in [0.717, 1.165) is 11.8 Å². The normalized spacial score (nSPS) is 25.0. The Balaban J connectivity index is 1.70. The summed E-state index contributed by atoms with van der Waals surface area (Å²) in [6.45, 7) is 11.4. The second-order valence-electron chi connectivity index (χ2n) is 12.9. The number of nitrogens with zero attached hydrogens (tertiary/aromatic N) is 5. The van der Waals surface area contributed by atoms with Crippen LogP contribution in [0.15, 0.2) is 35.7 Å². The number of aromatic nitrogens is 2. The van der Waals surface area contributed by atoms with E-state index in [9.17, 15) is 31.1 Å². The second-order valence-corrected chi connectivity index (χ2v) is 12.9. The Morgan fingerprint density at radius 1 is 1.00 bits per heavy atom. The maximum absolute atomic E-state index is 13.8. The van der Waals surface area contributed by atoms with Crippen molar-refractivity contribution in [2.75, 3.05) is 42.6 Å². The Morgan fingerprint density at radius 3 is 2.07 bits per heavy atom. The summed E-state index contributed by atoms with van der Waals surface area (Å²) in [7, 11) is 0. The molecule has 3 heterocycles. The molecule has 2 fully saturated rings. The van der Waals surface area contributed by atoms with Gasteiger partial charge < -0.3 is 24.2 Å². The minimum absolute atomic E-state index is 0.0105. The van der Waals surface area contributed by atoms with Crippen LogP contribution in [0.3, 0.4) is 0 Å². The Bertz CT molecular complexity index is 1210. The Morgan fingerprint density at radius 2 is 1.58 bits per heavy atom. The number of piperidine rings is 1. The quantitative estimate of drug-likeness (QED) is 0.293. The molecular weight excluding hydrogens is 604 g/mol. The van der Waals surface area contributed by atoms with Crippen LogP contribution < -0.4 is 9.80 Å². The van der Waals surface area contributed by atoms with Gasteiger partial charge in [-0.25, -0.2) is 14.8 Å². The molecule has 45 heavy (non-hydrogen) atoms. The number of carbonyl (C=O) groups excluding carboxylic acids is 1. The standard InChI is InChI=1S/C31H43F6N5O3/c1-6-23-15-25(16-24(7-2)42(23)28(43)45-29(3,4)5)41(27-38-17-26(18-39-27)40-8-10-44-11-9-40)19-20-12-21(30(32,33)34)14-22(13-20)31(35,36)37/h12,14,17-18,22-25H,6-11,13,15-16,19H2,1-5H3/t22?,23-,24+,25?. The lowest BCUT2D eigenvalue weighted by Crippen LogP contribution is -2.58. The average Bonchev–Trinajstić information content (AvgIpc) is 2.97. The number of halogens is 6. The summed E-state index contributed by atoms with van der Waals surface area (Å²) in [5.41, 5.74) is -1.29. The zero-order chi connectivity index (χ0) is 33.2. The van der Waals surface area contributed by atoms with Crippen molar-refractivity contribution >= 4 is 17.7 Å². The van der Waals surface area contributed by atoms with Crippen LogP contribution in [0, 0.1) is 5.92 Å². The molecule has 1 amide bonds. The summed E-state index contributed by atoms with van der Waals surface area (Å²) in [5, 5.41) is 0. The van der Waals surface area contributed by atoms with E-state index < -0.39 is 42.0 Å². The molecule has 1 aromatic heterocycles. The number of hydrogen-bond donors (Lipinski definition) is 0. The predicted octanol–water partition coefficient (Wildman–Crippen LogP) is 7.07. The van der Waals surface area contributed by atoms with E-state index in [0.29, 0.717) is 52.0 Å². The predicted molar refractivity (Wildman–Crippen MR) is 158 cm³/mol. The summed E-state index contributed by atoms with van der Waals surface area (Å²) < 4.78 is 93.8. The van der Waals surface area contributed by atoms with Crippen molar-refractivity contribution in [1.29, 1.82) is 0 Å². The van der Waals surface area contributed by atoms with Gasteiger partial charge in [0.05, 0.1) is 42.8 Å². The lowest BCUT2D eigenvalue weighted by atomic mass is 9.86. The van der Waals surface area contributed by atoms with Crippen molar-refractivity contribution in [3.8, 4) is 0 Å². The van der Waals surface area contributed by atoms with Gasteiger partial charge in [0.2, 0.25) is 5.95 Å². The molecule has 1 aliphatic carbocycles. The molecule has 8 nitrogen and oxygen atoms in total. The molecule has 3 aliphatic rings. The highest BCUT2D eigenvalue weighted by atomic mass is 19.4. The highest BCUT2D eigenvalue weighted by molar-refractivity contribution is 5.69. The van der Waals surface area contributed by atoms with E-state index in [1.807, 2.05) is 13.8 Å². The lowest BCUT2D eigenvalue weighted by Gasteiger charge is -2.48. The van der Waals surface area contributed by atoms with Gasteiger partial charge in [-0.3, -0.25) is 0 Å². The van der Waals surface area contributed by atoms with Crippen LogP contribution in [0.2, 0.25) is 0 Å². The first kappa shape index (κ1) is 34.8. The highest BCUT2D eigenvalue weighted by Crippen LogP contribution is 2.42. The van der Waals surface area contributed by atoms with Crippen molar-refractivity contribution < 1.29 is 40.6 Å². The summed E-state index contributed by atoms with van der Waals surface area (Å²) in [6.07, 6.45) is -4.49. The summed E-state index contributed by atoms with van der Waals surface area (Å²) in [4.78, 5) is 28.0. The number of allylic oxidation sites excluding steroid dienone is 3. The van der Waals surface area contributed by atoms with Gasteiger partial charge in [-0.05, 0) is 64.5 Å². The zero-order valence-electron chi connectivity index (χ0n) is 26.4. The van der Waals surface area contributed by atoms with Gasteiger partial charge in [-0.2, -0.15) is 26.3 Å². The van der Waals surface area contributed by atoms with Crippen LogP contribution >= 0.6 is 0 Å². The Kier molecular flexibility index (Phi) is 10.7. The van der Waals surface area contributed by atoms with E-state index in [-0.39, 0.29) is 42.3 Å². The minimum Gasteiger partial charge on any atom is -0.444 e. The molecule has 0 saturated carbocycles. The summed E-state index contributed by atoms with van der Waals surface area (Å²) in [5.74, 6) is -2.05. The number of likely N-dealkylation sites (tertiary alicyclic amines) is 1. The van der Waals surface area contributed by atoms with Crippen molar-refractivity contribution in [3.05, 3.63) is 35.7 Å². The van der Waals surface area contributed by atoms with E-state index >= 15 is 0 Å². The second kappa shape index (κ2) is 13.8. The maximum Gasteiger partial charge on any atom is 0.416 e. The first-order valence-electron chi connectivity index (χ1n) is 15.5. The average molecular weight is 648 g/mol. The van der Waals surface area contributed by atoms with E-state index in [2.05, 4.69) is 14.9 Å². The van der Waals surface area contributed by atoms with Gasteiger partial charge in [-0.1, -0.05) is 19.9 Å². The smallest absolute Gasteiger partial charge is 0.416 e. The van der Waals surface area contributed by atoms with Crippen LogP contribution in [0.5, 0.6) is 0 Å². The van der Waals surface area contributed by atoms with Crippen LogP contribution in [-0.2, 0) is 9.47 Å². The molecule has 1 aromatic rings. The van der Waals surface area contributed by atoms with Crippen molar-refractivity contribution in [2.45, 2.75) is 103 Å². The first-order chi connectivity index (χ1) is 21.0. The largest absolute Gasteiger partial charge is 0.444 e. The third-order valence-corrected chi connectivity index (χ3v) is 8.46. The SMILES string of the molecule is CC[C@@H]1CC(N(CC2=CC(C(F)(F)F)=CC(C(F)(F)F)C2)c2ncc(N3CCOCC3)cn2)C[C@H](CC)N1C(=O)OC(C)(C)C. The third kappa shape index (κ3) is 8.82. The van der Waals surface area contributed by atoms with Gasteiger partial charge in [0.1, 0.15) is 5.60 Å². The lowest BCUT2D eigenvalue weighted by molar-refractivity contribution is -0.162. The molecule has 2 aliphatic heterocycles. The fraction of sp³-hybridized carbons (Fsp3) is 0.710. The highest BCUT2D eigenvalue weighted by Gasteiger charge is 2.45. The summed E-state index contributed by atoms with van der Waals surface area (Å²) >= 11 is 0. The molecule has 4 rings (SSSR count). The number of anilines is 2. The molecule has 2 saturated heterocycles. The number of ether oxygens (including phenoxy) is 2. The van der Waals surface area contributed by atoms with Gasteiger partial charge in [-0.15, -0.1) is 0 Å². The molecule has 0 radical (unpaired) electrons. The number of morpholine rings is 1. The van der Waals surface area contributed by atoms with Crippen molar-refractivity contribution in [1.82, 2.24) is 14.9 Å². The molecule has 252 valence electrons. The molecular formula is C31H43F6N5O3. The topological polar surface area (TPSA) is 71.0 Å². The Hall–Kier alpha value is -3.03. The molecule has 0 spiro atoms. The van der Waals surface area contributed by atoms with E-state index in [4.69, 9.17) is 9.47 Å². The minimum atomic E-state index is -4.93. The van der Waals surface area contributed by atoms with Crippen LogP contribution in [0.4, 0.5) is 42.8 Å². The number of amides is 1. The fourth-order valence-electron chi connectivity index (χ4n) is 6.25. The van der Waals surface area contributed by atoms with Crippen molar-refractivity contribution in [3.63, 3.8) is 0 Å². The molecule has 0 bridgehead atoms. The van der Waals surface area contributed by atoms with Gasteiger partial charge in [0, 0.05) is 37.8 Å². The van der Waals surface area contributed by atoms with Gasteiger partial charge in [0.15, 0.2) is 0 Å². The molecule has 4 atom stereocenters. The molecule has 0 aromatic carbocycles. The number of alkyl halides is 6. The van der Waals surface area contributed by atoms with Gasteiger partial charge >= 0.3 is 18.4 Å². The first-order valence-corrected chi connectivity index (χ1v) is 15.5. The van der Waals surface area contributed by atoms with E-state index in [1.165, 1.54) is 0 Å². The Labute approximate surface area is 260 Å². The fourth-order valence-corrected chi connectivity index (χ4v) is 6.25. The third-order valence-electron chi connectivity index (χ3n) is 8.46.